The first kappa shape index (κ1) is 12.8. The highest BCUT2D eigenvalue weighted by molar-refractivity contribution is 9.10. The first-order chi connectivity index (χ1) is 9.65. The van der Waals surface area contributed by atoms with Gasteiger partial charge < -0.3 is 5.73 Å². The molecule has 5 nitrogen and oxygen atoms in total. The van der Waals surface area contributed by atoms with Crippen LogP contribution in [0.3, 0.4) is 0 Å². The summed E-state index contributed by atoms with van der Waals surface area (Å²) in [5.41, 5.74) is 9.44. The van der Waals surface area contributed by atoms with E-state index in [4.69, 9.17) is 5.73 Å². The fourth-order valence-corrected chi connectivity index (χ4v) is 2.35. The largest absolute Gasteiger partial charge is 0.399 e. The molecule has 0 atom stereocenters. The highest BCUT2D eigenvalue weighted by atomic mass is 79.9. The molecule has 0 radical (unpaired) electrons. The fourth-order valence-electron chi connectivity index (χ4n) is 1.96. The van der Waals surface area contributed by atoms with Gasteiger partial charge in [-0.25, -0.2) is 0 Å². The summed E-state index contributed by atoms with van der Waals surface area (Å²) < 4.78 is 2.68. The molecule has 0 amide bonds. The fraction of sp³-hybridized carbons (Fsp3) is 0.0714. The summed E-state index contributed by atoms with van der Waals surface area (Å²) in [7, 11) is 0. The van der Waals surface area contributed by atoms with Crippen molar-refractivity contribution in [3.63, 3.8) is 0 Å². The van der Waals surface area contributed by atoms with Gasteiger partial charge >= 0.3 is 0 Å². The number of aryl methyl sites for hydroxylation is 1. The average molecular weight is 330 g/mol. The molecule has 3 rings (SSSR count). The van der Waals surface area contributed by atoms with E-state index in [1.165, 1.54) is 0 Å². The average Bonchev–Trinajstić information content (AvgIpc) is 2.91. The van der Waals surface area contributed by atoms with Crippen molar-refractivity contribution < 1.29 is 0 Å². The lowest BCUT2D eigenvalue weighted by atomic mass is 10.1. The summed E-state index contributed by atoms with van der Waals surface area (Å²) in [6.45, 7) is 1.96. The second kappa shape index (κ2) is 5.05. The van der Waals surface area contributed by atoms with Crippen LogP contribution in [0, 0.1) is 6.92 Å². The Balaban J connectivity index is 2.12. The van der Waals surface area contributed by atoms with Gasteiger partial charge in [0, 0.05) is 15.7 Å². The lowest BCUT2D eigenvalue weighted by Crippen LogP contribution is -2.00. The summed E-state index contributed by atoms with van der Waals surface area (Å²) in [4.78, 5) is 0. The second-order valence-electron chi connectivity index (χ2n) is 4.47. The zero-order chi connectivity index (χ0) is 14.1. The zero-order valence-corrected chi connectivity index (χ0v) is 12.4. The van der Waals surface area contributed by atoms with Crippen LogP contribution in [-0.2, 0) is 0 Å². The minimum atomic E-state index is 0.686. The molecule has 0 aliphatic heterocycles. The Hall–Kier alpha value is -2.21. The predicted octanol–water partition coefficient (Wildman–Crippen LogP) is 2.98. The molecule has 20 heavy (non-hydrogen) atoms. The van der Waals surface area contributed by atoms with Crippen LogP contribution in [-0.4, -0.2) is 20.2 Å². The lowest BCUT2D eigenvalue weighted by Gasteiger charge is -2.07. The third-order valence-electron chi connectivity index (χ3n) is 3.05. The number of benzene rings is 2. The van der Waals surface area contributed by atoms with Crippen molar-refractivity contribution in [3.8, 4) is 17.1 Å². The Morgan fingerprint density at radius 3 is 2.75 bits per heavy atom. The molecule has 2 N–H and O–H groups in total. The van der Waals surface area contributed by atoms with Gasteiger partial charge in [0.05, 0.1) is 5.69 Å². The van der Waals surface area contributed by atoms with E-state index in [1.54, 1.807) is 4.68 Å². The molecule has 3 aromatic rings. The molecule has 0 saturated carbocycles. The number of hydrogen-bond donors (Lipinski definition) is 1. The van der Waals surface area contributed by atoms with Crippen LogP contribution in [0.25, 0.3) is 17.1 Å². The molecule has 0 unspecified atom stereocenters. The quantitative estimate of drug-likeness (QED) is 0.734. The van der Waals surface area contributed by atoms with Crippen LogP contribution in [0.2, 0.25) is 0 Å². The predicted molar refractivity (Wildman–Crippen MR) is 81.4 cm³/mol. The Morgan fingerprint density at radius 1 is 1.15 bits per heavy atom. The van der Waals surface area contributed by atoms with E-state index in [1.807, 2.05) is 49.4 Å². The summed E-state index contributed by atoms with van der Waals surface area (Å²) in [5.74, 6) is 0.686. The number of aromatic nitrogens is 4. The molecular weight excluding hydrogens is 318 g/mol. The van der Waals surface area contributed by atoms with E-state index in [0.29, 0.717) is 5.82 Å². The van der Waals surface area contributed by atoms with Crippen LogP contribution in [0.15, 0.2) is 46.9 Å². The Kier molecular flexibility index (Phi) is 3.23. The maximum Gasteiger partial charge on any atom is 0.187 e. The molecule has 100 valence electrons. The van der Waals surface area contributed by atoms with Gasteiger partial charge in [-0.3, -0.25) is 0 Å². The van der Waals surface area contributed by atoms with E-state index in [9.17, 15) is 0 Å². The highest BCUT2D eigenvalue weighted by Gasteiger charge is 2.11. The number of nitrogens with two attached hydrogens (primary N) is 1. The molecule has 0 spiro atoms. The summed E-state index contributed by atoms with van der Waals surface area (Å²) in [6, 6.07) is 13.6. The summed E-state index contributed by atoms with van der Waals surface area (Å²) in [5, 5.41) is 11.9. The summed E-state index contributed by atoms with van der Waals surface area (Å²) in [6.07, 6.45) is 0. The first-order valence-electron chi connectivity index (χ1n) is 6.06. The normalized spacial score (nSPS) is 10.7. The van der Waals surface area contributed by atoms with Crippen molar-refractivity contribution >= 4 is 21.6 Å². The number of rotatable bonds is 2. The number of hydrogen-bond acceptors (Lipinski definition) is 4. The molecule has 1 heterocycles. The number of nitrogen functional groups attached to an aromatic ring is 1. The zero-order valence-electron chi connectivity index (χ0n) is 10.8. The summed E-state index contributed by atoms with van der Waals surface area (Å²) >= 11 is 3.45. The van der Waals surface area contributed by atoms with E-state index < -0.39 is 0 Å². The topological polar surface area (TPSA) is 69.6 Å². The van der Waals surface area contributed by atoms with Gasteiger partial charge in [0.15, 0.2) is 5.82 Å². The number of anilines is 1. The van der Waals surface area contributed by atoms with Crippen LogP contribution in [0.4, 0.5) is 5.69 Å². The number of nitrogens with zero attached hydrogens (tertiary/aromatic N) is 4. The van der Waals surface area contributed by atoms with Gasteiger partial charge in [-0.15, -0.1) is 5.10 Å². The maximum absolute atomic E-state index is 5.85. The number of halogens is 1. The van der Waals surface area contributed by atoms with Crippen LogP contribution in [0.1, 0.15) is 5.56 Å². The van der Waals surface area contributed by atoms with Crippen molar-refractivity contribution in [2.24, 2.45) is 0 Å². The van der Waals surface area contributed by atoms with Gasteiger partial charge in [-0.2, -0.15) is 4.68 Å². The molecule has 0 bridgehead atoms. The third-order valence-corrected chi connectivity index (χ3v) is 3.54. The maximum atomic E-state index is 5.85. The van der Waals surface area contributed by atoms with Crippen molar-refractivity contribution in [2.45, 2.75) is 6.92 Å². The number of tetrazole rings is 1. The van der Waals surface area contributed by atoms with E-state index in [0.717, 1.165) is 27.0 Å². The van der Waals surface area contributed by atoms with Gasteiger partial charge in [-0.05, 0) is 59.3 Å². The molecule has 0 aliphatic carbocycles. The van der Waals surface area contributed by atoms with Crippen LogP contribution >= 0.6 is 15.9 Å². The van der Waals surface area contributed by atoms with E-state index in [-0.39, 0.29) is 0 Å². The Morgan fingerprint density at radius 2 is 2.00 bits per heavy atom. The molecule has 0 aliphatic rings. The van der Waals surface area contributed by atoms with Gasteiger partial charge in [0.25, 0.3) is 0 Å². The van der Waals surface area contributed by atoms with Crippen molar-refractivity contribution in [1.82, 2.24) is 20.2 Å². The molecule has 6 heteroatoms. The molecule has 1 aromatic heterocycles. The Labute approximate surface area is 124 Å². The smallest absolute Gasteiger partial charge is 0.187 e. The highest BCUT2D eigenvalue weighted by Crippen LogP contribution is 2.24. The first-order valence-corrected chi connectivity index (χ1v) is 6.85. The monoisotopic (exact) mass is 329 g/mol. The standard InChI is InChI=1S/C14H12BrN5/c1-9-7-10(5-6-13(9)16)14-17-18-19-20(14)12-4-2-3-11(15)8-12/h2-8H,16H2,1H3. The van der Waals surface area contributed by atoms with Crippen molar-refractivity contribution in [2.75, 3.05) is 5.73 Å². The SMILES string of the molecule is Cc1cc(-c2nnnn2-c2cccc(Br)c2)ccc1N. The van der Waals surface area contributed by atoms with Gasteiger partial charge in [-0.1, -0.05) is 22.0 Å². The molecule has 2 aromatic carbocycles. The minimum absolute atomic E-state index is 0.686. The molecule has 0 fully saturated rings. The minimum Gasteiger partial charge on any atom is -0.399 e. The van der Waals surface area contributed by atoms with Gasteiger partial charge in [0.1, 0.15) is 0 Å². The lowest BCUT2D eigenvalue weighted by molar-refractivity contribution is 0.791. The van der Waals surface area contributed by atoms with Gasteiger partial charge in [0.2, 0.25) is 0 Å². The molecule has 0 saturated heterocycles. The van der Waals surface area contributed by atoms with Crippen molar-refractivity contribution in [3.05, 3.63) is 52.5 Å². The molecular formula is C14H12BrN5. The third kappa shape index (κ3) is 2.30. The van der Waals surface area contributed by atoms with E-state index in [2.05, 4.69) is 31.5 Å². The second-order valence-corrected chi connectivity index (χ2v) is 5.38. The Bertz CT molecular complexity index is 766. The van der Waals surface area contributed by atoms with E-state index >= 15 is 0 Å². The van der Waals surface area contributed by atoms with Crippen LogP contribution in [0.5, 0.6) is 0 Å². The van der Waals surface area contributed by atoms with Crippen LogP contribution < -0.4 is 5.73 Å². The van der Waals surface area contributed by atoms with Crippen molar-refractivity contribution in [1.29, 1.82) is 0 Å².